The van der Waals surface area contributed by atoms with Gasteiger partial charge in [0.25, 0.3) is 0 Å². The molecule has 0 unspecified atom stereocenters. The molecule has 0 saturated heterocycles. The van der Waals surface area contributed by atoms with Gasteiger partial charge in [-0.3, -0.25) is 0 Å². The summed E-state index contributed by atoms with van der Waals surface area (Å²) in [4.78, 5) is 0. The van der Waals surface area contributed by atoms with Gasteiger partial charge in [-0.15, -0.1) is 0 Å². The van der Waals surface area contributed by atoms with Gasteiger partial charge in [0.1, 0.15) is 0 Å². The number of para-hydroxylation sites is 2. The van der Waals surface area contributed by atoms with Gasteiger partial charge < -0.3 is 14.6 Å². The van der Waals surface area contributed by atoms with E-state index >= 15 is 0 Å². The molecule has 12 heavy (non-hydrogen) atoms. The molecule has 1 heterocycles. The molecule has 0 spiro atoms. The number of ether oxygens (including phenoxy) is 2. The van der Waals surface area contributed by atoms with Crippen molar-refractivity contribution < 1.29 is 14.6 Å². The number of benzene rings is 1. The van der Waals surface area contributed by atoms with Crippen LogP contribution in [0.3, 0.4) is 0 Å². The number of aliphatic hydroxyl groups is 1. The number of hydrogen-bond acceptors (Lipinski definition) is 3. The van der Waals surface area contributed by atoms with Crippen LogP contribution in [0.2, 0.25) is 0 Å². The van der Waals surface area contributed by atoms with Gasteiger partial charge in [-0.05, 0) is 12.1 Å². The maximum Gasteiger partial charge on any atom is 0.239 e. The summed E-state index contributed by atoms with van der Waals surface area (Å²) in [7, 11) is 0. The van der Waals surface area contributed by atoms with Gasteiger partial charge in [-0.1, -0.05) is 12.1 Å². The molecular formula is C9H10O3. The lowest BCUT2D eigenvalue weighted by Gasteiger charge is -2.30. The highest BCUT2D eigenvalue weighted by Crippen LogP contribution is 2.33. The molecule has 0 bridgehead atoms. The van der Waals surface area contributed by atoms with Crippen LogP contribution < -0.4 is 9.47 Å². The molecule has 1 aromatic rings. The van der Waals surface area contributed by atoms with Crippen molar-refractivity contribution in [1.82, 2.24) is 0 Å². The standard InChI is InChI=1S/C9H10O3/c1-9(10)6-11-7-4-2-3-5-8(7)12-9/h2-5,10H,6H2,1H3/t9-/m1/s1. The minimum atomic E-state index is -1.20. The summed E-state index contributed by atoms with van der Waals surface area (Å²) in [5.41, 5.74) is 0. The second-order valence-electron chi connectivity index (χ2n) is 3.01. The van der Waals surface area contributed by atoms with Gasteiger partial charge >= 0.3 is 0 Å². The molecule has 1 aliphatic rings. The van der Waals surface area contributed by atoms with Gasteiger partial charge in [0.05, 0.1) is 0 Å². The molecule has 3 heteroatoms. The fourth-order valence-corrected chi connectivity index (χ4v) is 1.13. The normalized spacial score (nSPS) is 26.8. The first-order valence-electron chi connectivity index (χ1n) is 3.81. The number of rotatable bonds is 0. The molecule has 3 nitrogen and oxygen atoms in total. The highest BCUT2D eigenvalue weighted by molar-refractivity contribution is 5.40. The predicted molar refractivity (Wildman–Crippen MR) is 43.2 cm³/mol. The zero-order valence-corrected chi connectivity index (χ0v) is 6.78. The number of hydrogen-bond donors (Lipinski definition) is 1. The van der Waals surface area contributed by atoms with Crippen LogP contribution in [-0.2, 0) is 0 Å². The van der Waals surface area contributed by atoms with E-state index in [0.29, 0.717) is 11.5 Å². The Morgan fingerprint density at radius 3 is 2.75 bits per heavy atom. The van der Waals surface area contributed by atoms with Crippen LogP contribution in [0.25, 0.3) is 0 Å². The van der Waals surface area contributed by atoms with Gasteiger partial charge in [0, 0.05) is 6.92 Å². The summed E-state index contributed by atoms with van der Waals surface area (Å²) >= 11 is 0. The average Bonchev–Trinajstić information content (AvgIpc) is 2.02. The van der Waals surface area contributed by atoms with Gasteiger partial charge in [0.2, 0.25) is 5.79 Å². The first-order chi connectivity index (χ1) is 5.67. The van der Waals surface area contributed by atoms with Crippen LogP contribution in [0, 0.1) is 0 Å². The molecule has 0 radical (unpaired) electrons. The Morgan fingerprint density at radius 2 is 2.00 bits per heavy atom. The van der Waals surface area contributed by atoms with E-state index in [1.54, 1.807) is 13.0 Å². The fraction of sp³-hybridized carbons (Fsp3) is 0.333. The van der Waals surface area contributed by atoms with E-state index in [9.17, 15) is 5.11 Å². The van der Waals surface area contributed by atoms with Crippen molar-refractivity contribution in [2.75, 3.05) is 6.61 Å². The summed E-state index contributed by atoms with van der Waals surface area (Å²) in [5, 5.41) is 9.47. The summed E-state index contributed by atoms with van der Waals surface area (Å²) in [6, 6.07) is 7.28. The molecule has 64 valence electrons. The lowest BCUT2D eigenvalue weighted by Crippen LogP contribution is -2.41. The van der Waals surface area contributed by atoms with Crippen LogP contribution in [0.4, 0.5) is 0 Å². The topological polar surface area (TPSA) is 38.7 Å². The Kier molecular flexibility index (Phi) is 1.48. The van der Waals surface area contributed by atoms with Crippen LogP contribution >= 0.6 is 0 Å². The Morgan fingerprint density at radius 1 is 1.33 bits per heavy atom. The first-order valence-corrected chi connectivity index (χ1v) is 3.81. The van der Waals surface area contributed by atoms with E-state index in [4.69, 9.17) is 9.47 Å². The molecule has 0 aromatic heterocycles. The van der Waals surface area contributed by atoms with Crippen molar-refractivity contribution in [2.45, 2.75) is 12.7 Å². The molecule has 1 atom stereocenters. The zero-order chi connectivity index (χ0) is 8.60. The molecule has 0 fully saturated rings. The molecule has 1 N–H and O–H groups in total. The lowest BCUT2D eigenvalue weighted by atomic mass is 10.2. The highest BCUT2D eigenvalue weighted by Gasteiger charge is 2.29. The predicted octanol–water partition coefficient (Wildman–Crippen LogP) is 1.17. The Balaban J connectivity index is 2.35. The summed E-state index contributed by atoms with van der Waals surface area (Å²) in [6.07, 6.45) is 0. The Hall–Kier alpha value is -1.22. The van der Waals surface area contributed by atoms with E-state index in [1.807, 2.05) is 18.2 Å². The van der Waals surface area contributed by atoms with Crippen molar-refractivity contribution in [2.24, 2.45) is 0 Å². The quantitative estimate of drug-likeness (QED) is 0.628. The van der Waals surface area contributed by atoms with Crippen LogP contribution in [0.1, 0.15) is 6.92 Å². The van der Waals surface area contributed by atoms with Crippen LogP contribution in [0.15, 0.2) is 24.3 Å². The van der Waals surface area contributed by atoms with Crippen molar-refractivity contribution in [3.05, 3.63) is 24.3 Å². The van der Waals surface area contributed by atoms with E-state index in [1.165, 1.54) is 0 Å². The fourth-order valence-electron chi connectivity index (χ4n) is 1.13. The van der Waals surface area contributed by atoms with Crippen LogP contribution in [0.5, 0.6) is 11.5 Å². The second kappa shape index (κ2) is 2.38. The highest BCUT2D eigenvalue weighted by atomic mass is 16.7. The number of fused-ring (bicyclic) bond motifs is 1. The van der Waals surface area contributed by atoms with Crippen molar-refractivity contribution in [3.8, 4) is 11.5 Å². The molecule has 1 aliphatic heterocycles. The third kappa shape index (κ3) is 1.23. The smallest absolute Gasteiger partial charge is 0.239 e. The van der Waals surface area contributed by atoms with Crippen molar-refractivity contribution in [3.63, 3.8) is 0 Å². The summed E-state index contributed by atoms with van der Waals surface area (Å²) in [6.45, 7) is 1.74. The van der Waals surface area contributed by atoms with Crippen LogP contribution in [-0.4, -0.2) is 17.5 Å². The maximum atomic E-state index is 9.47. The van der Waals surface area contributed by atoms with Gasteiger partial charge in [-0.2, -0.15) is 0 Å². The van der Waals surface area contributed by atoms with Gasteiger partial charge in [-0.25, -0.2) is 0 Å². The van der Waals surface area contributed by atoms with E-state index in [2.05, 4.69) is 0 Å². The van der Waals surface area contributed by atoms with E-state index in [0.717, 1.165) is 0 Å². The van der Waals surface area contributed by atoms with E-state index < -0.39 is 5.79 Å². The van der Waals surface area contributed by atoms with Crippen molar-refractivity contribution in [1.29, 1.82) is 0 Å². The lowest BCUT2D eigenvalue weighted by molar-refractivity contribution is -0.159. The Bertz CT molecular complexity index is 294. The maximum absolute atomic E-state index is 9.47. The minimum Gasteiger partial charge on any atom is -0.483 e. The minimum absolute atomic E-state index is 0.171. The molecule has 0 aliphatic carbocycles. The van der Waals surface area contributed by atoms with Gasteiger partial charge in [0.15, 0.2) is 18.1 Å². The molecule has 0 amide bonds. The third-order valence-corrected chi connectivity index (χ3v) is 1.67. The molecule has 0 saturated carbocycles. The third-order valence-electron chi connectivity index (χ3n) is 1.67. The molecule has 2 rings (SSSR count). The van der Waals surface area contributed by atoms with Crippen molar-refractivity contribution >= 4 is 0 Å². The second-order valence-corrected chi connectivity index (χ2v) is 3.01. The first kappa shape index (κ1) is 7.43. The average molecular weight is 166 g/mol. The Labute approximate surface area is 70.5 Å². The summed E-state index contributed by atoms with van der Waals surface area (Å²) < 4.78 is 10.5. The molecular weight excluding hydrogens is 156 g/mol. The largest absolute Gasteiger partial charge is 0.483 e. The summed E-state index contributed by atoms with van der Waals surface area (Å²) in [5.74, 6) is 0.0757. The van der Waals surface area contributed by atoms with E-state index in [-0.39, 0.29) is 6.61 Å². The SMILES string of the molecule is C[C@]1(O)COc2ccccc2O1. The monoisotopic (exact) mass is 166 g/mol. The zero-order valence-electron chi connectivity index (χ0n) is 6.78. The molecule has 1 aromatic carbocycles.